The molecule has 3 nitrogen and oxygen atoms in total. The fourth-order valence-corrected chi connectivity index (χ4v) is 2.28. The zero-order valence-electron chi connectivity index (χ0n) is 14.0. The van der Waals surface area contributed by atoms with E-state index >= 15 is 0 Å². The lowest BCUT2D eigenvalue weighted by Gasteiger charge is -2.18. The van der Waals surface area contributed by atoms with Gasteiger partial charge in [-0.15, -0.1) is 0 Å². The van der Waals surface area contributed by atoms with Gasteiger partial charge in [-0.3, -0.25) is 4.79 Å². The molecule has 0 saturated heterocycles. The van der Waals surface area contributed by atoms with Crippen molar-refractivity contribution < 1.29 is 13.9 Å². The van der Waals surface area contributed by atoms with Crippen LogP contribution in [0, 0.1) is 5.82 Å². The maximum absolute atomic E-state index is 13.0. The summed E-state index contributed by atoms with van der Waals surface area (Å²) in [5, 5.41) is 3.27. The van der Waals surface area contributed by atoms with E-state index < -0.39 is 0 Å². The fraction of sp³-hybridized carbons (Fsp3) is 0.316. The van der Waals surface area contributed by atoms with E-state index in [9.17, 15) is 9.18 Å². The minimum absolute atomic E-state index is 0.140. The SMILES string of the molecule is C=C/C(C)=C\C(Cl)=C\OCC(=O)NC(CCC)c1ccc(F)cc1. The number of halogens is 2. The molecule has 0 aliphatic rings. The summed E-state index contributed by atoms with van der Waals surface area (Å²) in [7, 11) is 0. The van der Waals surface area contributed by atoms with E-state index in [-0.39, 0.29) is 24.4 Å². The van der Waals surface area contributed by atoms with Crippen molar-refractivity contribution >= 4 is 17.5 Å². The minimum Gasteiger partial charge on any atom is -0.490 e. The van der Waals surface area contributed by atoms with Gasteiger partial charge in [0.25, 0.3) is 5.91 Å². The average molecular weight is 352 g/mol. The molecule has 0 fully saturated rings. The van der Waals surface area contributed by atoms with Gasteiger partial charge < -0.3 is 10.1 Å². The van der Waals surface area contributed by atoms with Crippen molar-refractivity contribution in [2.45, 2.75) is 32.7 Å². The second kappa shape index (κ2) is 10.7. The molecule has 1 rings (SSSR count). The zero-order chi connectivity index (χ0) is 17.9. The zero-order valence-corrected chi connectivity index (χ0v) is 14.8. The standard InChI is InChI=1S/C19H23ClFNO2/c1-4-6-18(15-7-9-17(21)10-8-15)22-19(23)13-24-12-16(20)11-14(3)5-2/h5,7-12,18H,2,4,6,13H2,1,3H3,(H,22,23)/b14-11-,16-12-. The number of hydrogen-bond acceptors (Lipinski definition) is 2. The monoisotopic (exact) mass is 351 g/mol. The van der Waals surface area contributed by atoms with E-state index in [0.29, 0.717) is 5.03 Å². The number of allylic oxidation sites excluding steroid dienone is 4. The van der Waals surface area contributed by atoms with Gasteiger partial charge in [-0.05, 0) is 37.1 Å². The summed E-state index contributed by atoms with van der Waals surface area (Å²) in [5.41, 5.74) is 1.76. The summed E-state index contributed by atoms with van der Waals surface area (Å²) < 4.78 is 18.2. The molecule has 0 radical (unpaired) electrons. The first-order chi connectivity index (χ1) is 11.5. The van der Waals surface area contributed by atoms with Crippen LogP contribution in [0.3, 0.4) is 0 Å². The summed E-state index contributed by atoms with van der Waals surface area (Å²) >= 11 is 5.95. The van der Waals surface area contributed by atoms with Gasteiger partial charge in [0.2, 0.25) is 0 Å². The molecule has 0 aliphatic heterocycles. The Bertz CT molecular complexity index is 608. The number of benzene rings is 1. The van der Waals surface area contributed by atoms with Crippen LogP contribution in [0.15, 0.2) is 59.9 Å². The van der Waals surface area contributed by atoms with Gasteiger partial charge in [-0.25, -0.2) is 4.39 Å². The van der Waals surface area contributed by atoms with E-state index in [1.165, 1.54) is 18.4 Å². The van der Waals surface area contributed by atoms with Gasteiger partial charge in [0.1, 0.15) is 12.1 Å². The molecule has 0 heterocycles. The van der Waals surface area contributed by atoms with Crippen LogP contribution in [0.5, 0.6) is 0 Å². The molecule has 0 aromatic heterocycles. The summed E-state index contributed by atoms with van der Waals surface area (Å²) in [6.07, 6.45) is 6.32. The van der Waals surface area contributed by atoms with Gasteiger partial charge in [0.05, 0.1) is 11.1 Å². The highest BCUT2D eigenvalue weighted by atomic mass is 35.5. The average Bonchev–Trinajstić information content (AvgIpc) is 2.55. The fourth-order valence-electron chi connectivity index (χ4n) is 2.05. The van der Waals surface area contributed by atoms with Gasteiger partial charge in [-0.2, -0.15) is 0 Å². The molecule has 0 aliphatic carbocycles. The Balaban J connectivity index is 2.58. The predicted octanol–water partition coefficient (Wildman–Crippen LogP) is 5.01. The Kier molecular flexibility index (Phi) is 8.87. The molecular formula is C19H23ClFNO2. The Hall–Kier alpha value is -2.07. The van der Waals surface area contributed by atoms with Crippen molar-refractivity contribution in [2.24, 2.45) is 0 Å². The molecule has 1 unspecified atom stereocenters. The van der Waals surface area contributed by atoms with Crippen LogP contribution in [0.4, 0.5) is 4.39 Å². The molecule has 130 valence electrons. The van der Waals surface area contributed by atoms with E-state index in [2.05, 4.69) is 11.9 Å². The number of amides is 1. The largest absolute Gasteiger partial charge is 0.490 e. The van der Waals surface area contributed by atoms with Crippen LogP contribution in [-0.4, -0.2) is 12.5 Å². The van der Waals surface area contributed by atoms with Crippen LogP contribution in [-0.2, 0) is 9.53 Å². The van der Waals surface area contributed by atoms with Gasteiger partial charge in [-0.1, -0.05) is 55.3 Å². The van der Waals surface area contributed by atoms with Gasteiger partial charge in [0, 0.05) is 0 Å². The number of rotatable bonds is 9. The Morgan fingerprint density at radius 3 is 2.67 bits per heavy atom. The van der Waals surface area contributed by atoms with Crippen molar-refractivity contribution in [3.63, 3.8) is 0 Å². The lowest BCUT2D eigenvalue weighted by molar-refractivity contribution is -0.124. The first-order valence-electron chi connectivity index (χ1n) is 7.79. The Morgan fingerprint density at radius 2 is 2.08 bits per heavy atom. The molecule has 0 saturated carbocycles. The van der Waals surface area contributed by atoms with Crippen LogP contribution >= 0.6 is 11.6 Å². The third-order valence-electron chi connectivity index (χ3n) is 3.28. The molecule has 24 heavy (non-hydrogen) atoms. The first kappa shape index (κ1) is 20.0. The molecule has 1 N–H and O–H groups in total. The van der Waals surface area contributed by atoms with Crippen molar-refractivity contribution in [3.05, 3.63) is 71.2 Å². The maximum atomic E-state index is 13.0. The van der Waals surface area contributed by atoms with E-state index in [1.807, 2.05) is 13.8 Å². The predicted molar refractivity (Wildman–Crippen MR) is 96.0 cm³/mol. The molecule has 1 atom stereocenters. The third-order valence-corrected chi connectivity index (χ3v) is 3.48. The van der Waals surface area contributed by atoms with E-state index in [4.69, 9.17) is 16.3 Å². The quantitative estimate of drug-likeness (QED) is 0.501. The lowest BCUT2D eigenvalue weighted by Crippen LogP contribution is -2.31. The van der Waals surface area contributed by atoms with Crippen LogP contribution in [0.2, 0.25) is 0 Å². The van der Waals surface area contributed by atoms with Crippen LogP contribution in [0.25, 0.3) is 0 Å². The summed E-state index contributed by atoms with van der Waals surface area (Å²) in [5.74, 6) is -0.561. The molecule has 0 spiro atoms. The number of carbonyl (C=O) groups excluding carboxylic acids is 1. The maximum Gasteiger partial charge on any atom is 0.258 e. The van der Waals surface area contributed by atoms with Crippen molar-refractivity contribution in [3.8, 4) is 0 Å². The normalized spacial score (nSPS) is 13.3. The van der Waals surface area contributed by atoms with Gasteiger partial charge >= 0.3 is 0 Å². The summed E-state index contributed by atoms with van der Waals surface area (Å²) in [6.45, 7) is 7.36. The highest BCUT2D eigenvalue weighted by molar-refractivity contribution is 6.31. The molecule has 1 aromatic rings. The highest BCUT2D eigenvalue weighted by Gasteiger charge is 2.14. The summed E-state index contributed by atoms with van der Waals surface area (Å²) in [4.78, 5) is 12.0. The second-order valence-electron chi connectivity index (χ2n) is 5.37. The van der Waals surface area contributed by atoms with Crippen LogP contribution < -0.4 is 5.32 Å². The minimum atomic E-state index is -0.300. The first-order valence-corrected chi connectivity index (χ1v) is 8.17. The Labute approximate surface area is 147 Å². The van der Waals surface area contributed by atoms with Crippen molar-refractivity contribution in [1.29, 1.82) is 0 Å². The molecule has 0 bridgehead atoms. The third kappa shape index (κ3) is 7.47. The number of carbonyl (C=O) groups is 1. The van der Waals surface area contributed by atoms with E-state index in [1.54, 1.807) is 24.3 Å². The molecule has 1 amide bonds. The molecular weight excluding hydrogens is 329 g/mol. The van der Waals surface area contributed by atoms with Gasteiger partial charge in [0.15, 0.2) is 6.61 Å². The topological polar surface area (TPSA) is 38.3 Å². The lowest BCUT2D eigenvalue weighted by atomic mass is 10.0. The number of nitrogens with one attached hydrogen (secondary N) is 1. The van der Waals surface area contributed by atoms with Crippen molar-refractivity contribution in [1.82, 2.24) is 5.32 Å². The van der Waals surface area contributed by atoms with Crippen molar-refractivity contribution in [2.75, 3.05) is 6.61 Å². The number of hydrogen-bond donors (Lipinski definition) is 1. The summed E-state index contributed by atoms with van der Waals surface area (Å²) in [6, 6.07) is 5.95. The van der Waals surface area contributed by atoms with E-state index in [0.717, 1.165) is 24.0 Å². The number of ether oxygens (including phenoxy) is 1. The van der Waals surface area contributed by atoms with Crippen LogP contribution in [0.1, 0.15) is 38.3 Å². The smallest absolute Gasteiger partial charge is 0.258 e. The molecule has 5 heteroatoms. The second-order valence-corrected chi connectivity index (χ2v) is 5.80. The molecule has 1 aromatic carbocycles. The highest BCUT2D eigenvalue weighted by Crippen LogP contribution is 2.18. The Morgan fingerprint density at radius 1 is 1.42 bits per heavy atom.